The van der Waals surface area contributed by atoms with Crippen molar-refractivity contribution in [2.24, 2.45) is 0 Å². The average Bonchev–Trinajstić information content (AvgIpc) is 2.54. The van der Waals surface area contributed by atoms with E-state index in [9.17, 15) is 9.59 Å². The Morgan fingerprint density at radius 2 is 1.92 bits per heavy atom. The molecule has 24 heavy (non-hydrogen) atoms. The van der Waals surface area contributed by atoms with E-state index in [1.165, 1.54) is 7.05 Å². The molecule has 0 spiro atoms. The van der Waals surface area contributed by atoms with E-state index in [0.717, 1.165) is 11.3 Å². The van der Waals surface area contributed by atoms with E-state index in [1.54, 1.807) is 6.92 Å². The molecule has 1 aromatic carbocycles. The zero-order valence-corrected chi connectivity index (χ0v) is 14.7. The fourth-order valence-electron chi connectivity index (χ4n) is 1.88. The van der Waals surface area contributed by atoms with Crippen LogP contribution in [0.3, 0.4) is 0 Å². The average molecular weight is 337 g/mol. The number of urea groups is 1. The molecule has 0 saturated heterocycles. The highest BCUT2D eigenvalue weighted by Crippen LogP contribution is 2.13. The number of ether oxygens (including phenoxy) is 2. The number of carbonyl (C=O) groups excluding carboxylic acids is 2. The Balaban J connectivity index is 2.44. The molecule has 7 nitrogen and oxygen atoms in total. The van der Waals surface area contributed by atoms with Gasteiger partial charge in [0.1, 0.15) is 6.04 Å². The van der Waals surface area contributed by atoms with Gasteiger partial charge in [0.05, 0.1) is 25.9 Å². The number of rotatable bonds is 9. The Bertz CT molecular complexity index is 534. The molecule has 7 heteroatoms. The van der Waals surface area contributed by atoms with Gasteiger partial charge in [-0.25, -0.2) is 4.79 Å². The molecule has 0 heterocycles. The molecule has 1 unspecified atom stereocenters. The summed E-state index contributed by atoms with van der Waals surface area (Å²) in [5, 5.41) is 7.63. The standard InChI is InChI=1S/C17H27N3O4/c1-12(2)24-9-8-23-11-14-6-5-7-15(10-14)19-13(3)16(21)20-17(22)18-4/h5-7,10,12-13,19H,8-9,11H2,1-4H3,(H2,18,20,21,22). The highest BCUT2D eigenvalue weighted by atomic mass is 16.5. The molecule has 0 saturated carbocycles. The van der Waals surface area contributed by atoms with Gasteiger partial charge in [-0.3, -0.25) is 10.1 Å². The Morgan fingerprint density at radius 3 is 2.58 bits per heavy atom. The van der Waals surface area contributed by atoms with E-state index >= 15 is 0 Å². The van der Waals surface area contributed by atoms with E-state index in [-0.39, 0.29) is 6.10 Å². The Morgan fingerprint density at radius 1 is 1.17 bits per heavy atom. The van der Waals surface area contributed by atoms with Crippen molar-refractivity contribution in [1.82, 2.24) is 10.6 Å². The second kappa shape index (κ2) is 10.6. The molecule has 0 aliphatic heterocycles. The maximum Gasteiger partial charge on any atom is 0.321 e. The van der Waals surface area contributed by atoms with Gasteiger partial charge >= 0.3 is 6.03 Å². The summed E-state index contributed by atoms with van der Waals surface area (Å²) in [4.78, 5) is 23.0. The normalized spacial score (nSPS) is 11.9. The number of carbonyl (C=O) groups is 2. The lowest BCUT2D eigenvalue weighted by Crippen LogP contribution is -2.44. The minimum absolute atomic E-state index is 0.198. The van der Waals surface area contributed by atoms with Crippen molar-refractivity contribution in [2.75, 3.05) is 25.6 Å². The third-order valence-corrected chi connectivity index (χ3v) is 3.11. The Labute approximate surface area is 143 Å². The fourth-order valence-corrected chi connectivity index (χ4v) is 1.88. The molecular formula is C17H27N3O4. The summed E-state index contributed by atoms with van der Waals surface area (Å²) in [6, 6.07) is 6.53. The summed E-state index contributed by atoms with van der Waals surface area (Å²) in [6.45, 7) is 7.21. The Hall–Kier alpha value is -2.12. The summed E-state index contributed by atoms with van der Waals surface area (Å²) < 4.78 is 11.0. The number of amides is 3. The smallest absolute Gasteiger partial charge is 0.321 e. The molecule has 1 aromatic rings. The van der Waals surface area contributed by atoms with Crippen LogP contribution < -0.4 is 16.0 Å². The molecule has 0 radical (unpaired) electrons. The lowest BCUT2D eigenvalue weighted by molar-refractivity contribution is -0.120. The third kappa shape index (κ3) is 7.94. The molecule has 3 N–H and O–H groups in total. The lowest BCUT2D eigenvalue weighted by atomic mass is 10.2. The van der Waals surface area contributed by atoms with Gasteiger partial charge in [-0.1, -0.05) is 12.1 Å². The maximum absolute atomic E-state index is 11.8. The van der Waals surface area contributed by atoms with Gasteiger partial charge in [-0.2, -0.15) is 0 Å². The van der Waals surface area contributed by atoms with Crippen LogP contribution in [0.25, 0.3) is 0 Å². The Kier molecular flexibility index (Phi) is 8.81. The first-order valence-corrected chi connectivity index (χ1v) is 7.99. The van der Waals surface area contributed by atoms with E-state index < -0.39 is 18.0 Å². The van der Waals surface area contributed by atoms with Crippen molar-refractivity contribution in [1.29, 1.82) is 0 Å². The number of benzene rings is 1. The molecule has 0 aromatic heterocycles. The van der Waals surface area contributed by atoms with Crippen molar-refractivity contribution < 1.29 is 19.1 Å². The maximum atomic E-state index is 11.8. The number of hydrogen-bond acceptors (Lipinski definition) is 5. The van der Waals surface area contributed by atoms with E-state index in [2.05, 4.69) is 16.0 Å². The zero-order valence-electron chi connectivity index (χ0n) is 14.7. The topological polar surface area (TPSA) is 88.7 Å². The third-order valence-electron chi connectivity index (χ3n) is 3.11. The molecule has 0 aliphatic carbocycles. The van der Waals surface area contributed by atoms with Gasteiger partial charge in [0.25, 0.3) is 0 Å². The molecule has 0 bridgehead atoms. The fraction of sp³-hybridized carbons (Fsp3) is 0.529. The number of imide groups is 1. The van der Waals surface area contributed by atoms with Crippen molar-refractivity contribution in [3.05, 3.63) is 29.8 Å². The summed E-state index contributed by atoms with van der Waals surface area (Å²) in [5.41, 5.74) is 1.78. The summed E-state index contributed by atoms with van der Waals surface area (Å²) in [5.74, 6) is -0.401. The molecule has 0 aliphatic rings. The van der Waals surface area contributed by atoms with Crippen LogP contribution in [-0.2, 0) is 20.9 Å². The lowest BCUT2D eigenvalue weighted by Gasteiger charge is -2.15. The first-order valence-electron chi connectivity index (χ1n) is 7.99. The van der Waals surface area contributed by atoms with Gasteiger partial charge in [-0.05, 0) is 38.5 Å². The second-order valence-corrected chi connectivity index (χ2v) is 5.61. The van der Waals surface area contributed by atoms with Crippen molar-refractivity contribution in [3.8, 4) is 0 Å². The summed E-state index contributed by atoms with van der Waals surface area (Å²) in [7, 11) is 1.45. The van der Waals surface area contributed by atoms with Crippen molar-refractivity contribution >= 4 is 17.6 Å². The quantitative estimate of drug-likeness (QED) is 0.599. The number of anilines is 1. The van der Waals surface area contributed by atoms with Crippen molar-refractivity contribution in [3.63, 3.8) is 0 Å². The minimum Gasteiger partial charge on any atom is -0.376 e. The van der Waals surface area contributed by atoms with E-state index in [0.29, 0.717) is 19.8 Å². The second-order valence-electron chi connectivity index (χ2n) is 5.61. The SMILES string of the molecule is CNC(=O)NC(=O)C(C)Nc1cccc(COCCOC(C)C)c1. The van der Waals surface area contributed by atoms with Crippen LogP contribution >= 0.6 is 0 Å². The summed E-state index contributed by atoms with van der Waals surface area (Å²) >= 11 is 0. The highest BCUT2D eigenvalue weighted by molar-refractivity contribution is 5.97. The highest BCUT2D eigenvalue weighted by Gasteiger charge is 2.14. The molecule has 3 amide bonds. The van der Waals surface area contributed by atoms with E-state index in [4.69, 9.17) is 9.47 Å². The van der Waals surface area contributed by atoms with Crippen LogP contribution in [-0.4, -0.2) is 44.3 Å². The predicted octanol–water partition coefficient (Wildman–Crippen LogP) is 1.88. The van der Waals surface area contributed by atoms with Crippen LogP contribution in [0.1, 0.15) is 26.3 Å². The van der Waals surface area contributed by atoms with Gasteiger partial charge in [0.2, 0.25) is 5.91 Å². The van der Waals surface area contributed by atoms with Gasteiger partial charge < -0.3 is 20.1 Å². The molecule has 134 valence electrons. The predicted molar refractivity (Wildman–Crippen MR) is 92.9 cm³/mol. The number of hydrogen-bond donors (Lipinski definition) is 3. The van der Waals surface area contributed by atoms with Crippen LogP contribution in [0.2, 0.25) is 0 Å². The van der Waals surface area contributed by atoms with Crippen LogP contribution in [0.5, 0.6) is 0 Å². The van der Waals surface area contributed by atoms with Gasteiger partial charge in [0, 0.05) is 12.7 Å². The largest absolute Gasteiger partial charge is 0.376 e. The molecule has 1 rings (SSSR count). The zero-order chi connectivity index (χ0) is 17.9. The van der Waals surface area contributed by atoms with Gasteiger partial charge in [-0.15, -0.1) is 0 Å². The van der Waals surface area contributed by atoms with Crippen molar-refractivity contribution in [2.45, 2.75) is 39.5 Å². The monoisotopic (exact) mass is 337 g/mol. The molecule has 0 fully saturated rings. The molecular weight excluding hydrogens is 310 g/mol. The minimum atomic E-state index is -0.544. The molecule has 1 atom stereocenters. The van der Waals surface area contributed by atoms with Crippen LogP contribution in [0, 0.1) is 0 Å². The van der Waals surface area contributed by atoms with Gasteiger partial charge in [0.15, 0.2) is 0 Å². The van der Waals surface area contributed by atoms with Crippen LogP contribution in [0.4, 0.5) is 10.5 Å². The number of nitrogens with one attached hydrogen (secondary N) is 3. The first-order chi connectivity index (χ1) is 11.4. The van der Waals surface area contributed by atoms with E-state index in [1.807, 2.05) is 38.1 Å². The summed E-state index contributed by atoms with van der Waals surface area (Å²) in [6.07, 6.45) is 0.198. The first kappa shape index (κ1) is 19.9. The van der Waals surface area contributed by atoms with Crippen LogP contribution in [0.15, 0.2) is 24.3 Å².